The molecule has 31 heavy (non-hydrogen) atoms. The second kappa shape index (κ2) is 8.73. The molecule has 2 heterocycles. The second-order valence-corrected chi connectivity index (χ2v) is 7.06. The van der Waals surface area contributed by atoms with Crippen LogP contribution >= 0.6 is 0 Å². The Morgan fingerprint density at radius 2 is 1.77 bits per heavy atom. The van der Waals surface area contributed by atoms with Crippen LogP contribution in [0.5, 0.6) is 5.75 Å². The van der Waals surface area contributed by atoms with Crippen molar-refractivity contribution in [2.24, 2.45) is 0 Å². The van der Waals surface area contributed by atoms with Crippen LogP contribution in [0.15, 0.2) is 60.9 Å². The van der Waals surface area contributed by atoms with Crippen LogP contribution in [0.1, 0.15) is 21.7 Å². The smallest absolute Gasteiger partial charge is 0.416 e. The zero-order valence-electron chi connectivity index (χ0n) is 16.3. The van der Waals surface area contributed by atoms with Crippen molar-refractivity contribution in [2.75, 3.05) is 13.2 Å². The minimum atomic E-state index is -4.39. The lowest BCUT2D eigenvalue weighted by atomic mass is 10.0. The Labute approximate surface area is 176 Å². The Hall–Kier alpha value is -3.46. The third-order valence-corrected chi connectivity index (χ3v) is 4.84. The molecule has 0 aliphatic carbocycles. The van der Waals surface area contributed by atoms with E-state index in [2.05, 4.69) is 20.6 Å². The fourth-order valence-electron chi connectivity index (χ4n) is 3.25. The van der Waals surface area contributed by atoms with Crippen LogP contribution in [0.3, 0.4) is 0 Å². The molecule has 9 heteroatoms. The SMILES string of the molecule is O=C1N[C@H](CNCc2ncccn2)COc2ccc(-c3ccc(C(F)(F)F)cc3)cc21. The number of carbonyl (C=O) groups is 1. The largest absolute Gasteiger partial charge is 0.491 e. The van der Waals surface area contributed by atoms with Gasteiger partial charge in [0.25, 0.3) is 5.91 Å². The fourth-order valence-corrected chi connectivity index (χ4v) is 3.25. The molecule has 1 atom stereocenters. The normalized spacial score (nSPS) is 16.1. The summed E-state index contributed by atoms with van der Waals surface area (Å²) < 4.78 is 44.1. The molecule has 0 bridgehead atoms. The van der Waals surface area contributed by atoms with E-state index in [0.717, 1.165) is 12.1 Å². The van der Waals surface area contributed by atoms with Crippen LogP contribution in [0, 0.1) is 0 Å². The minimum absolute atomic E-state index is 0.266. The molecule has 0 saturated heterocycles. The molecule has 0 spiro atoms. The Bertz CT molecular complexity index is 1060. The summed E-state index contributed by atoms with van der Waals surface area (Å²) in [6.45, 7) is 1.20. The van der Waals surface area contributed by atoms with Gasteiger partial charge in [-0.3, -0.25) is 4.79 Å². The van der Waals surface area contributed by atoms with Gasteiger partial charge < -0.3 is 15.4 Å². The molecule has 1 aliphatic rings. The lowest BCUT2D eigenvalue weighted by molar-refractivity contribution is -0.137. The van der Waals surface area contributed by atoms with E-state index in [9.17, 15) is 18.0 Å². The minimum Gasteiger partial charge on any atom is -0.491 e. The van der Waals surface area contributed by atoms with E-state index in [1.807, 2.05) is 0 Å². The van der Waals surface area contributed by atoms with E-state index in [4.69, 9.17) is 4.74 Å². The number of hydrogen-bond acceptors (Lipinski definition) is 5. The van der Waals surface area contributed by atoms with Crippen molar-refractivity contribution in [1.29, 1.82) is 0 Å². The van der Waals surface area contributed by atoms with Crippen LogP contribution in [0.25, 0.3) is 11.1 Å². The summed E-state index contributed by atoms with van der Waals surface area (Å²) in [5.41, 5.74) is 0.826. The van der Waals surface area contributed by atoms with Crippen molar-refractivity contribution < 1.29 is 22.7 Å². The van der Waals surface area contributed by atoms with Gasteiger partial charge in [-0.25, -0.2) is 9.97 Å². The summed E-state index contributed by atoms with van der Waals surface area (Å²) >= 11 is 0. The summed E-state index contributed by atoms with van der Waals surface area (Å²) in [5.74, 6) is 0.777. The first-order chi connectivity index (χ1) is 14.9. The van der Waals surface area contributed by atoms with E-state index in [1.165, 1.54) is 12.1 Å². The number of alkyl halides is 3. The van der Waals surface area contributed by atoms with Crippen LogP contribution in [0.4, 0.5) is 13.2 Å². The Kier molecular flexibility index (Phi) is 5.85. The number of nitrogens with one attached hydrogen (secondary N) is 2. The molecule has 0 unspecified atom stereocenters. The second-order valence-electron chi connectivity index (χ2n) is 7.06. The van der Waals surface area contributed by atoms with E-state index in [1.54, 1.807) is 36.7 Å². The number of fused-ring (bicyclic) bond motifs is 1. The third kappa shape index (κ3) is 5.00. The summed E-state index contributed by atoms with van der Waals surface area (Å²) in [6.07, 6.45) is -1.08. The first-order valence-electron chi connectivity index (χ1n) is 9.62. The number of halogens is 3. The molecule has 3 aromatic rings. The van der Waals surface area contributed by atoms with Crippen molar-refractivity contribution in [2.45, 2.75) is 18.8 Å². The fraction of sp³-hybridized carbons (Fsp3) is 0.227. The lowest BCUT2D eigenvalue weighted by Crippen LogP contribution is -2.44. The van der Waals surface area contributed by atoms with Gasteiger partial charge in [-0.05, 0) is 41.5 Å². The molecule has 0 radical (unpaired) electrons. The molecule has 0 fully saturated rings. The van der Waals surface area contributed by atoms with Crippen molar-refractivity contribution in [1.82, 2.24) is 20.6 Å². The summed E-state index contributed by atoms with van der Waals surface area (Å²) in [4.78, 5) is 21.0. The first kappa shape index (κ1) is 20.8. The lowest BCUT2D eigenvalue weighted by Gasteiger charge is -2.15. The zero-order valence-corrected chi connectivity index (χ0v) is 16.3. The molecular weight excluding hydrogens is 409 g/mol. The predicted octanol–water partition coefficient (Wildman–Crippen LogP) is 3.44. The average Bonchev–Trinajstić information content (AvgIpc) is 2.92. The zero-order chi connectivity index (χ0) is 21.8. The summed E-state index contributed by atoms with van der Waals surface area (Å²) in [5, 5.41) is 6.10. The van der Waals surface area contributed by atoms with E-state index >= 15 is 0 Å². The molecule has 4 rings (SSSR count). The number of aromatic nitrogens is 2. The maximum absolute atomic E-state index is 12.8. The standard InChI is InChI=1S/C22H19F3N4O2/c23-22(24,25)16-5-2-14(3-6-16)15-4-7-19-18(10-15)21(30)29-17(13-31-19)11-26-12-20-27-8-1-9-28-20/h1-10,17,26H,11-13H2,(H,29,30)/t17-/m1/s1. The van der Waals surface area contributed by atoms with Gasteiger partial charge >= 0.3 is 6.18 Å². The van der Waals surface area contributed by atoms with Gasteiger partial charge in [-0.15, -0.1) is 0 Å². The third-order valence-electron chi connectivity index (χ3n) is 4.84. The number of carbonyl (C=O) groups excluding carboxylic acids is 1. The van der Waals surface area contributed by atoms with Gasteiger partial charge in [0, 0.05) is 18.9 Å². The van der Waals surface area contributed by atoms with Crippen LogP contribution < -0.4 is 15.4 Å². The van der Waals surface area contributed by atoms with Gasteiger partial charge in [-0.2, -0.15) is 13.2 Å². The molecule has 2 aromatic carbocycles. The van der Waals surface area contributed by atoms with Crippen LogP contribution in [-0.2, 0) is 12.7 Å². The highest BCUT2D eigenvalue weighted by atomic mass is 19.4. The Morgan fingerprint density at radius 1 is 1.06 bits per heavy atom. The summed E-state index contributed by atoms with van der Waals surface area (Å²) in [6, 6.07) is 11.3. The van der Waals surface area contributed by atoms with E-state index in [-0.39, 0.29) is 18.6 Å². The topological polar surface area (TPSA) is 76.1 Å². The number of amides is 1. The molecule has 160 valence electrons. The van der Waals surface area contributed by atoms with Gasteiger partial charge in [-0.1, -0.05) is 18.2 Å². The van der Waals surface area contributed by atoms with Gasteiger partial charge in [0.05, 0.1) is 23.7 Å². The monoisotopic (exact) mass is 428 g/mol. The van der Waals surface area contributed by atoms with Crippen LogP contribution in [-0.4, -0.2) is 35.1 Å². The highest BCUT2D eigenvalue weighted by Crippen LogP contribution is 2.32. The molecular formula is C22H19F3N4O2. The Balaban J connectivity index is 1.44. The van der Waals surface area contributed by atoms with Gasteiger partial charge in [0.2, 0.25) is 0 Å². The van der Waals surface area contributed by atoms with Crippen molar-refractivity contribution in [3.63, 3.8) is 0 Å². The van der Waals surface area contributed by atoms with Crippen molar-refractivity contribution >= 4 is 5.91 Å². The van der Waals surface area contributed by atoms with E-state index in [0.29, 0.717) is 41.4 Å². The van der Waals surface area contributed by atoms with Gasteiger partial charge in [0.1, 0.15) is 18.2 Å². The number of rotatable bonds is 5. The summed E-state index contributed by atoms with van der Waals surface area (Å²) in [7, 11) is 0. The highest BCUT2D eigenvalue weighted by Gasteiger charge is 2.30. The Morgan fingerprint density at radius 3 is 2.48 bits per heavy atom. The van der Waals surface area contributed by atoms with Crippen molar-refractivity contribution in [3.8, 4) is 16.9 Å². The highest BCUT2D eigenvalue weighted by molar-refractivity contribution is 5.98. The quantitative estimate of drug-likeness (QED) is 0.651. The first-order valence-corrected chi connectivity index (χ1v) is 9.62. The molecule has 6 nitrogen and oxygen atoms in total. The molecule has 0 saturated carbocycles. The number of hydrogen-bond donors (Lipinski definition) is 2. The van der Waals surface area contributed by atoms with Crippen LogP contribution in [0.2, 0.25) is 0 Å². The maximum atomic E-state index is 12.8. The number of nitrogens with zero attached hydrogens (tertiary/aromatic N) is 2. The molecule has 2 N–H and O–H groups in total. The van der Waals surface area contributed by atoms with Gasteiger partial charge in [0.15, 0.2) is 0 Å². The number of ether oxygens (including phenoxy) is 1. The molecule has 1 aliphatic heterocycles. The average molecular weight is 428 g/mol. The number of benzene rings is 2. The van der Waals surface area contributed by atoms with Crippen molar-refractivity contribution in [3.05, 3.63) is 77.9 Å². The molecule has 1 amide bonds. The predicted molar refractivity (Wildman–Crippen MR) is 107 cm³/mol. The van der Waals surface area contributed by atoms with E-state index < -0.39 is 11.7 Å². The molecule has 1 aromatic heterocycles. The maximum Gasteiger partial charge on any atom is 0.416 e.